The highest BCUT2D eigenvalue weighted by Gasteiger charge is 2.29. The fraction of sp³-hybridized carbons (Fsp3) is 0.500. The summed E-state index contributed by atoms with van der Waals surface area (Å²) in [6.07, 6.45) is 0.310. The SMILES string of the molecule is CC(=O)OCC1OC(n2cc(F)c(N)nc2=O)CS1. The Hall–Kier alpha value is -1.61. The highest BCUT2D eigenvalue weighted by molar-refractivity contribution is 8.00. The molecule has 0 radical (unpaired) electrons. The molecule has 0 bridgehead atoms. The van der Waals surface area contributed by atoms with Crippen molar-refractivity contribution in [2.45, 2.75) is 18.6 Å². The third kappa shape index (κ3) is 3.24. The van der Waals surface area contributed by atoms with E-state index in [-0.39, 0.29) is 12.0 Å². The first-order chi connectivity index (χ1) is 8.97. The fourth-order valence-electron chi connectivity index (χ4n) is 1.53. The summed E-state index contributed by atoms with van der Waals surface area (Å²) in [6.45, 7) is 1.37. The summed E-state index contributed by atoms with van der Waals surface area (Å²) >= 11 is 1.37. The van der Waals surface area contributed by atoms with Crippen LogP contribution in [0.3, 0.4) is 0 Å². The summed E-state index contributed by atoms with van der Waals surface area (Å²) in [7, 11) is 0. The molecule has 0 spiro atoms. The van der Waals surface area contributed by atoms with Gasteiger partial charge < -0.3 is 15.2 Å². The van der Waals surface area contributed by atoms with E-state index in [1.54, 1.807) is 0 Å². The molecule has 1 aliphatic rings. The van der Waals surface area contributed by atoms with Crippen molar-refractivity contribution >= 4 is 23.5 Å². The summed E-state index contributed by atoms with van der Waals surface area (Å²) in [4.78, 5) is 25.6. The van der Waals surface area contributed by atoms with Crippen molar-refractivity contribution in [3.63, 3.8) is 0 Å². The lowest BCUT2D eigenvalue weighted by atomic mass is 10.5. The molecule has 1 aromatic heterocycles. The lowest BCUT2D eigenvalue weighted by Crippen LogP contribution is -2.30. The van der Waals surface area contributed by atoms with Crippen LogP contribution < -0.4 is 11.4 Å². The Balaban J connectivity index is 2.07. The van der Waals surface area contributed by atoms with Crippen molar-refractivity contribution in [1.82, 2.24) is 9.55 Å². The second-order valence-corrected chi connectivity index (χ2v) is 5.01. The van der Waals surface area contributed by atoms with E-state index in [9.17, 15) is 14.0 Å². The minimum Gasteiger partial charge on any atom is -0.462 e. The molecule has 104 valence electrons. The third-order valence-electron chi connectivity index (χ3n) is 2.40. The van der Waals surface area contributed by atoms with Gasteiger partial charge in [0.25, 0.3) is 0 Å². The van der Waals surface area contributed by atoms with E-state index in [0.29, 0.717) is 5.75 Å². The highest BCUT2D eigenvalue weighted by Crippen LogP contribution is 2.31. The molecule has 9 heteroatoms. The van der Waals surface area contributed by atoms with E-state index in [1.807, 2.05) is 0 Å². The number of carbonyl (C=O) groups excluding carboxylic acids is 1. The molecule has 1 saturated heterocycles. The molecule has 2 atom stereocenters. The van der Waals surface area contributed by atoms with E-state index in [4.69, 9.17) is 15.2 Å². The molecule has 0 amide bonds. The van der Waals surface area contributed by atoms with Gasteiger partial charge >= 0.3 is 11.7 Å². The van der Waals surface area contributed by atoms with Crippen LogP contribution in [-0.4, -0.2) is 33.3 Å². The Kier molecular flexibility index (Phi) is 4.05. The second-order valence-electron chi connectivity index (χ2n) is 3.82. The number of aromatic nitrogens is 2. The van der Waals surface area contributed by atoms with E-state index in [0.717, 1.165) is 10.8 Å². The maximum atomic E-state index is 13.3. The molecule has 1 aliphatic heterocycles. The van der Waals surface area contributed by atoms with Crippen molar-refractivity contribution in [2.24, 2.45) is 0 Å². The zero-order valence-electron chi connectivity index (χ0n) is 10.0. The van der Waals surface area contributed by atoms with Crippen LogP contribution in [0.2, 0.25) is 0 Å². The first-order valence-electron chi connectivity index (χ1n) is 5.42. The molecule has 2 heterocycles. The quantitative estimate of drug-likeness (QED) is 0.789. The van der Waals surface area contributed by atoms with Gasteiger partial charge in [-0.3, -0.25) is 9.36 Å². The zero-order chi connectivity index (χ0) is 14.0. The number of anilines is 1. The van der Waals surface area contributed by atoms with Crippen molar-refractivity contribution in [2.75, 3.05) is 18.1 Å². The number of nitrogen functional groups attached to an aromatic ring is 1. The molecule has 1 fully saturated rings. The van der Waals surface area contributed by atoms with Gasteiger partial charge in [0, 0.05) is 12.7 Å². The van der Waals surface area contributed by atoms with Crippen LogP contribution in [-0.2, 0) is 14.3 Å². The number of nitrogens with zero attached hydrogens (tertiary/aromatic N) is 2. The van der Waals surface area contributed by atoms with Crippen LogP contribution in [0.5, 0.6) is 0 Å². The minimum absolute atomic E-state index is 0.0795. The largest absolute Gasteiger partial charge is 0.462 e. The van der Waals surface area contributed by atoms with Crippen LogP contribution in [0.25, 0.3) is 0 Å². The van der Waals surface area contributed by atoms with E-state index < -0.39 is 29.5 Å². The van der Waals surface area contributed by atoms with Gasteiger partial charge in [-0.15, -0.1) is 11.8 Å². The van der Waals surface area contributed by atoms with E-state index in [2.05, 4.69) is 4.98 Å². The van der Waals surface area contributed by atoms with Gasteiger partial charge in [0.15, 0.2) is 11.6 Å². The van der Waals surface area contributed by atoms with Crippen molar-refractivity contribution < 1.29 is 18.7 Å². The average molecular weight is 289 g/mol. The summed E-state index contributed by atoms with van der Waals surface area (Å²) in [5, 5.41) is 0. The monoisotopic (exact) mass is 289 g/mol. The average Bonchev–Trinajstić information content (AvgIpc) is 2.80. The number of carbonyl (C=O) groups is 1. The molecule has 0 aliphatic carbocycles. The van der Waals surface area contributed by atoms with Gasteiger partial charge in [-0.2, -0.15) is 4.98 Å². The molecule has 2 unspecified atom stereocenters. The Bertz CT molecular complexity index is 550. The number of hydrogen-bond donors (Lipinski definition) is 1. The molecule has 2 N–H and O–H groups in total. The Morgan fingerprint density at radius 3 is 3.21 bits per heavy atom. The van der Waals surface area contributed by atoms with Crippen molar-refractivity contribution in [3.8, 4) is 0 Å². The number of hydrogen-bond acceptors (Lipinski definition) is 7. The lowest BCUT2D eigenvalue weighted by molar-refractivity contribution is -0.144. The molecule has 1 aromatic rings. The zero-order valence-corrected chi connectivity index (χ0v) is 10.9. The smallest absolute Gasteiger partial charge is 0.351 e. The molecule has 2 rings (SSSR count). The Morgan fingerprint density at radius 1 is 1.79 bits per heavy atom. The van der Waals surface area contributed by atoms with Crippen LogP contribution in [0.1, 0.15) is 13.2 Å². The standard InChI is InChI=1S/C10H12FN3O4S/c1-5(15)17-3-8-18-7(4-19-8)14-2-6(11)9(12)13-10(14)16/h2,7-8H,3-4H2,1H3,(H2,12,13,16). The van der Waals surface area contributed by atoms with Gasteiger partial charge in [0.2, 0.25) is 0 Å². The van der Waals surface area contributed by atoms with Gasteiger partial charge in [-0.25, -0.2) is 9.18 Å². The Morgan fingerprint density at radius 2 is 2.53 bits per heavy atom. The number of rotatable bonds is 3. The van der Waals surface area contributed by atoms with Crippen molar-refractivity contribution in [1.29, 1.82) is 0 Å². The first-order valence-corrected chi connectivity index (χ1v) is 6.47. The number of halogens is 1. The molecular weight excluding hydrogens is 277 g/mol. The predicted molar refractivity (Wildman–Crippen MR) is 65.9 cm³/mol. The summed E-state index contributed by atoms with van der Waals surface area (Å²) in [5.41, 5.74) is 4.12. The predicted octanol–water partition coefficient (Wildman–Crippen LogP) is 0.116. The van der Waals surface area contributed by atoms with Crippen LogP contribution in [0, 0.1) is 5.82 Å². The molecular formula is C10H12FN3O4S. The lowest BCUT2D eigenvalue weighted by Gasteiger charge is -2.14. The molecule has 0 aromatic carbocycles. The van der Waals surface area contributed by atoms with Crippen LogP contribution >= 0.6 is 11.8 Å². The summed E-state index contributed by atoms with van der Waals surface area (Å²) in [5.74, 6) is -1.21. The number of ether oxygens (including phenoxy) is 2. The third-order valence-corrected chi connectivity index (χ3v) is 3.50. The number of thioether (sulfide) groups is 1. The number of nitrogens with two attached hydrogens (primary N) is 1. The Labute approximate surface area is 111 Å². The normalized spacial score (nSPS) is 22.4. The second kappa shape index (κ2) is 5.57. The maximum Gasteiger partial charge on any atom is 0.351 e. The molecule has 0 saturated carbocycles. The first kappa shape index (κ1) is 13.8. The maximum absolute atomic E-state index is 13.3. The van der Waals surface area contributed by atoms with Gasteiger partial charge in [-0.1, -0.05) is 0 Å². The van der Waals surface area contributed by atoms with Gasteiger partial charge in [0.05, 0.1) is 6.20 Å². The number of esters is 1. The summed E-state index contributed by atoms with van der Waals surface area (Å²) < 4.78 is 24.6. The van der Waals surface area contributed by atoms with E-state index in [1.165, 1.54) is 18.7 Å². The molecule has 7 nitrogen and oxygen atoms in total. The van der Waals surface area contributed by atoms with Crippen LogP contribution in [0.15, 0.2) is 11.0 Å². The topological polar surface area (TPSA) is 96.4 Å². The molecule has 19 heavy (non-hydrogen) atoms. The highest BCUT2D eigenvalue weighted by atomic mass is 32.2. The van der Waals surface area contributed by atoms with E-state index >= 15 is 0 Å². The van der Waals surface area contributed by atoms with Crippen LogP contribution in [0.4, 0.5) is 10.2 Å². The van der Waals surface area contributed by atoms with Crippen molar-refractivity contribution in [3.05, 3.63) is 22.5 Å². The van der Waals surface area contributed by atoms with Gasteiger partial charge in [-0.05, 0) is 0 Å². The van der Waals surface area contributed by atoms with Gasteiger partial charge in [0.1, 0.15) is 18.3 Å². The minimum atomic E-state index is -0.781. The summed E-state index contributed by atoms with van der Waals surface area (Å²) in [6, 6.07) is 0. The fourth-order valence-corrected chi connectivity index (χ4v) is 2.52.